The van der Waals surface area contributed by atoms with Gasteiger partial charge in [-0.05, 0) is 35.4 Å². The van der Waals surface area contributed by atoms with Crippen molar-refractivity contribution in [1.82, 2.24) is 4.72 Å². The van der Waals surface area contributed by atoms with Crippen LogP contribution in [0.5, 0.6) is 0 Å². The van der Waals surface area contributed by atoms with Crippen molar-refractivity contribution in [2.45, 2.75) is 44.9 Å². The number of benzene rings is 2. The molecule has 0 aliphatic carbocycles. The van der Waals surface area contributed by atoms with Crippen molar-refractivity contribution in [2.24, 2.45) is 11.7 Å². The monoisotopic (exact) mass is 510 g/mol. The van der Waals surface area contributed by atoms with Crippen LogP contribution in [0.25, 0.3) is 0 Å². The molecule has 0 aliphatic heterocycles. The fourth-order valence-corrected chi connectivity index (χ4v) is 8.27. The molecule has 4 N–H and O–H groups in total. The van der Waals surface area contributed by atoms with Gasteiger partial charge in [-0.15, -0.1) is 0 Å². The van der Waals surface area contributed by atoms with E-state index in [1.54, 1.807) is 38.1 Å². The Labute approximate surface area is 202 Å². The van der Waals surface area contributed by atoms with E-state index in [1.807, 2.05) is 30.3 Å². The Morgan fingerprint density at radius 2 is 1.76 bits per heavy atom. The molecule has 3 unspecified atom stereocenters. The highest BCUT2D eigenvalue weighted by molar-refractivity contribution is 7.89. The number of nitrogens with one attached hydrogen (secondary N) is 1. The van der Waals surface area contributed by atoms with Gasteiger partial charge in [-0.2, -0.15) is 0 Å². The maximum Gasteiger partial charge on any atom is 0.313 e. The number of nitrogens with two attached hydrogens (primary N) is 1. The van der Waals surface area contributed by atoms with E-state index in [-0.39, 0.29) is 12.3 Å². The molecule has 8 nitrogen and oxygen atoms in total. The Kier molecular flexibility index (Phi) is 10.5. The molecule has 0 fully saturated rings. The molecular weight excluding hydrogens is 475 g/mol. The van der Waals surface area contributed by atoms with Gasteiger partial charge < -0.3 is 15.4 Å². The Balaban J connectivity index is 2.19. The lowest BCUT2D eigenvalue weighted by molar-refractivity contribution is -0.141. The molecule has 34 heavy (non-hydrogen) atoms. The number of hydrogen-bond donors (Lipinski definition) is 3. The van der Waals surface area contributed by atoms with Gasteiger partial charge in [0.25, 0.3) is 0 Å². The van der Waals surface area contributed by atoms with Crippen LogP contribution in [-0.4, -0.2) is 44.1 Å². The highest BCUT2D eigenvalue weighted by Gasteiger charge is 2.40. The number of carbonyl (C=O) groups excluding carboxylic acids is 1. The van der Waals surface area contributed by atoms with Crippen molar-refractivity contribution in [2.75, 3.05) is 19.0 Å². The minimum Gasteiger partial charge on any atom is -0.469 e. The van der Waals surface area contributed by atoms with Crippen molar-refractivity contribution in [3.05, 3.63) is 71.3 Å². The molecule has 2 aromatic rings. The first-order valence-electron chi connectivity index (χ1n) is 11.2. The van der Waals surface area contributed by atoms with Crippen LogP contribution in [0.15, 0.2) is 54.6 Å². The number of hydrogen-bond acceptors (Lipinski definition) is 6. The van der Waals surface area contributed by atoms with E-state index in [0.717, 1.165) is 11.1 Å². The smallest absolute Gasteiger partial charge is 0.313 e. The zero-order valence-electron chi connectivity index (χ0n) is 19.9. The second kappa shape index (κ2) is 12.6. The number of ether oxygens (including phenoxy) is 1. The number of esters is 1. The first-order chi connectivity index (χ1) is 16.0. The Bertz CT molecular complexity index is 1090. The number of aryl methyl sites for hydroxylation is 1. The summed E-state index contributed by atoms with van der Waals surface area (Å²) in [5.41, 5.74) is 7.97. The molecule has 2 rings (SSSR count). The third kappa shape index (κ3) is 8.32. The average Bonchev–Trinajstić information content (AvgIpc) is 2.81. The van der Waals surface area contributed by atoms with Crippen molar-refractivity contribution in [3.8, 4) is 0 Å². The van der Waals surface area contributed by atoms with Gasteiger partial charge in [0.15, 0.2) is 0 Å². The lowest BCUT2D eigenvalue weighted by atomic mass is 9.99. The molecule has 0 aliphatic rings. The predicted molar refractivity (Wildman–Crippen MR) is 134 cm³/mol. The molecule has 0 amide bonds. The zero-order valence-corrected chi connectivity index (χ0v) is 21.6. The maximum atomic E-state index is 13.5. The summed E-state index contributed by atoms with van der Waals surface area (Å²) in [6, 6.07) is 16.4. The first-order valence-corrected chi connectivity index (χ1v) is 14.8. The molecule has 0 radical (unpaired) electrons. The van der Waals surface area contributed by atoms with Crippen molar-refractivity contribution in [1.29, 1.82) is 0 Å². The zero-order chi connectivity index (χ0) is 25.4. The van der Waals surface area contributed by atoms with E-state index in [0.29, 0.717) is 18.4 Å². The van der Waals surface area contributed by atoms with E-state index < -0.39 is 47.1 Å². The molecule has 0 saturated heterocycles. The molecule has 188 valence electrons. The second-order valence-corrected chi connectivity index (χ2v) is 13.0. The average molecular weight is 511 g/mol. The lowest BCUT2D eigenvalue weighted by Crippen LogP contribution is -2.41. The van der Waals surface area contributed by atoms with E-state index in [4.69, 9.17) is 10.5 Å². The van der Waals surface area contributed by atoms with Gasteiger partial charge >= 0.3 is 5.97 Å². The summed E-state index contributed by atoms with van der Waals surface area (Å²) in [5.74, 6) is -3.59. The van der Waals surface area contributed by atoms with Crippen LogP contribution in [0.3, 0.4) is 0 Å². The molecule has 0 heterocycles. The van der Waals surface area contributed by atoms with Crippen LogP contribution in [0, 0.1) is 5.92 Å². The van der Waals surface area contributed by atoms with Crippen LogP contribution in [0.1, 0.15) is 42.9 Å². The number of carbonyl (C=O) groups is 1. The largest absolute Gasteiger partial charge is 0.469 e. The highest BCUT2D eigenvalue weighted by Crippen LogP contribution is 2.51. The third-order valence-electron chi connectivity index (χ3n) is 5.61. The summed E-state index contributed by atoms with van der Waals surface area (Å²) < 4.78 is 46.3. The topological polar surface area (TPSA) is 136 Å². The fourth-order valence-electron chi connectivity index (χ4n) is 3.81. The minimum atomic E-state index is -4.18. The molecule has 0 bridgehead atoms. The first kappa shape index (κ1) is 28.2. The standard InChI is InChI=1S/C24H35N2O6PS/c1-18(2)23(26-34(30,31)14-8-12-19-9-5-4-6-10-19)33(28,29)17-22(24(27)32-3)21-13-7-11-20(15-21)16-25/h4-7,9-11,13,15,18,22-23,26H,8,12,14,16-17,25H2,1-3H3,(H,28,29). The molecule has 0 aromatic heterocycles. The summed E-state index contributed by atoms with van der Waals surface area (Å²) in [7, 11) is -6.80. The van der Waals surface area contributed by atoms with Gasteiger partial charge in [0.05, 0.1) is 18.8 Å². The quantitative estimate of drug-likeness (QED) is 0.278. The van der Waals surface area contributed by atoms with E-state index >= 15 is 0 Å². The summed E-state index contributed by atoms with van der Waals surface area (Å²) in [6.45, 7) is 3.58. The highest BCUT2D eigenvalue weighted by atomic mass is 32.2. The summed E-state index contributed by atoms with van der Waals surface area (Å²) in [5, 5.41) is 0. The van der Waals surface area contributed by atoms with Crippen LogP contribution >= 0.6 is 7.37 Å². The van der Waals surface area contributed by atoms with Crippen LogP contribution in [0.4, 0.5) is 0 Å². The van der Waals surface area contributed by atoms with Crippen LogP contribution in [0.2, 0.25) is 0 Å². The van der Waals surface area contributed by atoms with E-state index in [1.165, 1.54) is 7.11 Å². The maximum absolute atomic E-state index is 13.5. The number of rotatable bonds is 13. The second-order valence-electron chi connectivity index (χ2n) is 8.68. The van der Waals surface area contributed by atoms with E-state index in [2.05, 4.69) is 4.72 Å². The van der Waals surface area contributed by atoms with Gasteiger partial charge in [0, 0.05) is 12.7 Å². The van der Waals surface area contributed by atoms with Gasteiger partial charge in [-0.25, -0.2) is 13.1 Å². The molecular formula is C24H35N2O6PS. The summed E-state index contributed by atoms with van der Waals surface area (Å²) in [6.07, 6.45) is 0.492. The molecule has 0 spiro atoms. The molecule has 0 saturated carbocycles. The van der Waals surface area contributed by atoms with Crippen molar-refractivity contribution < 1.29 is 27.4 Å². The molecule has 2 aromatic carbocycles. The SMILES string of the molecule is COC(=O)C(CP(=O)(O)C(NS(=O)(=O)CCCc1ccccc1)C(C)C)c1cccc(CN)c1. The van der Waals surface area contributed by atoms with Crippen LogP contribution < -0.4 is 10.5 Å². The predicted octanol–water partition coefficient (Wildman–Crippen LogP) is 3.21. The summed E-state index contributed by atoms with van der Waals surface area (Å²) >= 11 is 0. The molecule has 10 heteroatoms. The lowest BCUT2D eigenvalue weighted by Gasteiger charge is -2.29. The third-order valence-corrected chi connectivity index (χ3v) is 9.70. The van der Waals surface area contributed by atoms with Gasteiger partial charge in [0.2, 0.25) is 17.4 Å². The van der Waals surface area contributed by atoms with Gasteiger partial charge in [0.1, 0.15) is 5.78 Å². The Morgan fingerprint density at radius 3 is 2.35 bits per heavy atom. The van der Waals surface area contributed by atoms with E-state index in [9.17, 15) is 22.7 Å². The summed E-state index contributed by atoms with van der Waals surface area (Å²) in [4.78, 5) is 23.5. The number of methoxy groups -OCH3 is 1. The number of sulfonamides is 1. The van der Waals surface area contributed by atoms with Crippen LogP contribution in [-0.2, 0) is 37.1 Å². The van der Waals surface area contributed by atoms with Gasteiger partial charge in [-0.3, -0.25) is 9.36 Å². The Hall–Kier alpha value is -2.03. The Morgan fingerprint density at radius 1 is 1.12 bits per heavy atom. The van der Waals surface area contributed by atoms with Crippen molar-refractivity contribution >= 4 is 23.4 Å². The minimum absolute atomic E-state index is 0.176. The molecule has 3 atom stereocenters. The fraction of sp³-hybridized carbons (Fsp3) is 0.458. The normalized spacial score (nSPS) is 15.5. The van der Waals surface area contributed by atoms with Crippen molar-refractivity contribution in [3.63, 3.8) is 0 Å². The van der Waals surface area contributed by atoms with Gasteiger partial charge in [-0.1, -0.05) is 68.4 Å².